The minimum atomic E-state index is -0.816. The molecule has 1 aromatic carbocycles. The van der Waals surface area contributed by atoms with Gasteiger partial charge >= 0.3 is 6.09 Å². The highest BCUT2D eigenvalue weighted by Gasteiger charge is 2.30. The lowest BCUT2D eigenvalue weighted by Crippen LogP contribution is -2.55. The maximum atomic E-state index is 12.9. The van der Waals surface area contributed by atoms with E-state index >= 15 is 0 Å². The molecule has 1 aromatic rings. The highest BCUT2D eigenvalue weighted by Crippen LogP contribution is 2.12. The van der Waals surface area contributed by atoms with E-state index in [1.807, 2.05) is 45.9 Å². The van der Waals surface area contributed by atoms with Crippen molar-refractivity contribution in [2.24, 2.45) is 11.8 Å². The third-order valence-electron chi connectivity index (χ3n) is 4.00. The van der Waals surface area contributed by atoms with Crippen molar-refractivity contribution in [2.45, 2.75) is 72.6 Å². The molecule has 1 rings (SSSR count). The van der Waals surface area contributed by atoms with E-state index in [-0.39, 0.29) is 17.7 Å². The molecule has 7 heteroatoms. The monoisotopic (exact) mass is 411 g/mol. The summed E-state index contributed by atoms with van der Waals surface area (Å²) in [6.45, 7) is 12.9. The number of nitrogens with one attached hydrogen (secondary N) is 3. The lowest BCUT2D eigenvalue weighted by molar-refractivity contribution is -0.129. The van der Waals surface area contributed by atoms with Crippen LogP contribution in [0.2, 0.25) is 0 Å². The van der Waals surface area contributed by atoms with Crippen molar-refractivity contribution in [1.29, 1.82) is 0 Å². The van der Waals surface area contributed by atoms with Crippen LogP contribution in [0, 0.1) is 11.8 Å². The number of hydrogen-bond acceptors (Lipinski definition) is 4. The fourth-order valence-electron chi connectivity index (χ4n) is 2.68. The van der Waals surface area contributed by atoms with Gasteiger partial charge in [0.25, 0.3) is 0 Å². The van der Waals surface area contributed by atoms with Crippen molar-refractivity contribution in [2.75, 3.05) is 5.32 Å². The Labute approximate surface area is 174 Å². The molecule has 0 saturated carbocycles. The number of para-hydroxylation sites is 1. The third-order valence-corrected chi connectivity index (χ3v) is 4.00. The molecule has 3 N–H and O–H groups in total. The van der Waals surface area contributed by atoms with E-state index in [0.29, 0.717) is 12.1 Å². The second kappa shape index (κ2) is 10.8. The molecule has 7 nitrogen and oxygen atoms in total. The molecule has 3 amide bonds. The molecule has 0 radical (unpaired) electrons. The minimum absolute atomic E-state index is 0.181. The Morgan fingerprint density at radius 2 is 1.52 bits per heavy atom. The Hall–Kier alpha value is -2.57. The maximum absolute atomic E-state index is 12.9. The number of hydrogen-bond donors (Lipinski definition) is 3. The molecule has 0 heterocycles. The first-order valence-electron chi connectivity index (χ1n) is 10.0. The Kier molecular flexibility index (Phi) is 9.14. The fourth-order valence-corrected chi connectivity index (χ4v) is 2.68. The smallest absolute Gasteiger partial charge is 0.408 e. The molecular weight excluding hydrogens is 376 g/mol. The van der Waals surface area contributed by atoms with Crippen molar-refractivity contribution in [3.63, 3.8) is 0 Å². The minimum Gasteiger partial charge on any atom is -0.444 e. The molecule has 0 fully saturated rings. The largest absolute Gasteiger partial charge is 0.444 e. The number of anilines is 1. The predicted molar refractivity (Wildman–Crippen MR) is 114 cm³/mol. The van der Waals surface area contributed by atoms with E-state index < -0.39 is 29.7 Å². The van der Waals surface area contributed by atoms with Crippen LogP contribution in [0.25, 0.3) is 0 Å². The van der Waals surface area contributed by atoms with Crippen LogP contribution in [-0.2, 0) is 14.3 Å². The summed E-state index contributed by atoms with van der Waals surface area (Å²) in [4.78, 5) is 37.7. The summed E-state index contributed by atoms with van der Waals surface area (Å²) in [5, 5.41) is 8.24. The lowest BCUT2D eigenvalue weighted by atomic mass is 10.0. The SMILES string of the molecule is CC(C)C[C@H](N[13C](=O)[13C@@H]([15NH]C(=O)OC(C)(C)C)[13CH]([13CH3])[13CH3])C(=O)Nc1ccccc1. The lowest BCUT2D eigenvalue weighted by Gasteiger charge is -2.27. The van der Waals surface area contributed by atoms with Gasteiger partial charge < -0.3 is 20.7 Å². The second-order valence-electron chi connectivity index (χ2n) is 8.91. The van der Waals surface area contributed by atoms with Crippen LogP contribution in [0.1, 0.15) is 54.9 Å². The molecule has 0 spiro atoms. The summed E-state index contributed by atoms with van der Waals surface area (Å²) in [6, 6.07) is 7.54. The average Bonchev–Trinajstić information content (AvgIpc) is 2.57. The molecule has 29 heavy (non-hydrogen) atoms. The standard InChI is InChI=1S/C22H35N3O4/c1-14(2)13-17(19(26)23-16-11-9-8-10-12-16)24-20(27)18(15(3)4)25-21(28)29-22(5,6)7/h8-12,14-15,17-18H,13H2,1-7H3,(H,23,26)(H,24,27)(H,25,28)/t17-,18-/m0/s1/i3+1,4+1,15+1,18+1,20+1,25+1. The van der Waals surface area contributed by atoms with Gasteiger partial charge in [0.05, 0.1) is 0 Å². The van der Waals surface area contributed by atoms with Gasteiger partial charge in [-0.1, -0.05) is 45.9 Å². The second-order valence-corrected chi connectivity index (χ2v) is 8.91. The Morgan fingerprint density at radius 3 is 2.00 bits per heavy atom. The van der Waals surface area contributed by atoms with E-state index in [0.717, 1.165) is 0 Å². The zero-order chi connectivity index (χ0) is 22.2. The van der Waals surface area contributed by atoms with Gasteiger partial charge in [0.2, 0.25) is 11.8 Å². The maximum Gasteiger partial charge on any atom is 0.408 e. The summed E-state index contributed by atoms with van der Waals surface area (Å²) in [7, 11) is 0. The zero-order valence-corrected chi connectivity index (χ0v) is 18.5. The van der Waals surface area contributed by atoms with Crippen molar-refractivity contribution >= 4 is 23.6 Å². The molecule has 0 aliphatic rings. The van der Waals surface area contributed by atoms with Gasteiger partial charge in [-0.05, 0) is 51.2 Å². The number of amides is 3. The summed E-state index contributed by atoms with van der Waals surface area (Å²) in [6.07, 6.45) is -0.192. The van der Waals surface area contributed by atoms with Crippen LogP contribution in [0.15, 0.2) is 30.3 Å². The highest BCUT2D eigenvalue weighted by molar-refractivity contribution is 5.98. The van der Waals surface area contributed by atoms with Crippen LogP contribution < -0.4 is 16.0 Å². The van der Waals surface area contributed by atoms with Crippen LogP contribution >= 0.6 is 0 Å². The van der Waals surface area contributed by atoms with E-state index in [1.165, 1.54) is 0 Å². The first-order chi connectivity index (χ1) is 13.4. The van der Waals surface area contributed by atoms with Crippen LogP contribution in [0.3, 0.4) is 0 Å². The average molecular weight is 411 g/mol. The topological polar surface area (TPSA) is 96.5 Å². The number of alkyl carbamates (subject to hydrolysis) is 1. The Bertz CT molecular complexity index is 681. The first kappa shape index (κ1) is 24.5. The van der Waals surface area contributed by atoms with Crippen molar-refractivity contribution in [3.8, 4) is 0 Å². The van der Waals surface area contributed by atoms with Gasteiger partial charge in [0, 0.05) is 5.69 Å². The van der Waals surface area contributed by atoms with Crippen LogP contribution in [0.4, 0.5) is 10.5 Å². The van der Waals surface area contributed by atoms with Crippen molar-refractivity contribution < 1.29 is 19.1 Å². The molecule has 162 valence electrons. The normalized spacial score (nSPS) is 13.6. The number of carbonyl (C=O) groups excluding carboxylic acids is 3. The molecule has 0 saturated heterocycles. The van der Waals surface area contributed by atoms with Crippen molar-refractivity contribution in [3.05, 3.63) is 30.3 Å². The molecule has 2 atom stereocenters. The number of rotatable bonds is 8. The molecular formula is C22H35N3O4. The molecule has 0 aliphatic heterocycles. The van der Waals surface area contributed by atoms with E-state index in [1.54, 1.807) is 32.9 Å². The van der Waals surface area contributed by atoms with Crippen LogP contribution in [-0.4, -0.2) is 35.6 Å². The van der Waals surface area contributed by atoms with E-state index in [2.05, 4.69) is 16.0 Å². The zero-order valence-electron chi connectivity index (χ0n) is 18.5. The van der Waals surface area contributed by atoms with Gasteiger partial charge in [-0.25, -0.2) is 4.79 Å². The Morgan fingerprint density at radius 1 is 0.931 bits per heavy atom. The quantitative estimate of drug-likeness (QED) is 0.449. The van der Waals surface area contributed by atoms with Gasteiger partial charge in [-0.3, -0.25) is 9.59 Å². The summed E-state index contributed by atoms with van der Waals surface area (Å²) in [5.74, 6) is -0.699. The number of ether oxygens (including phenoxy) is 1. The summed E-state index contributed by atoms with van der Waals surface area (Å²) >= 11 is 0. The predicted octanol–water partition coefficient (Wildman–Crippen LogP) is 3.71. The molecule has 0 unspecified atom stereocenters. The van der Waals surface area contributed by atoms with Gasteiger partial charge in [0.15, 0.2) is 0 Å². The fraction of sp³-hybridized carbons (Fsp3) is 0.591. The van der Waals surface area contributed by atoms with Crippen molar-refractivity contribution in [1.82, 2.24) is 10.6 Å². The third kappa shape index (κ3) is 9.45. The van der Waals surface area contributed by atoms with Gasteiger partial charge in [-0.2, -0.15) is 0 Å². The van der Waals surface area contributed by atoms with Gasteiger partial charge in [-0.15, -0.1) is 0 Å². The van der Waals surface area contributed by atoms with E-state index in [4.69, 9.17) is 4.74 Å². The first-order valence-corrected chi connectivity index (χ1v) is 10.0. The summed E-state index contributed by atoms with van der Waals surface area (Å²) in [5.41, 5.74) is -0.00882. The van der Waals surface area contributed by atoms with E-state index in [9.17, 15) is 14.4 Å². The highest BCUT2D eigenvalue weighted by atomic mass is 16.6. The molecule has 0 bridgehead atoms. The molecule has 0 aromatic heterocycles. The summed E-state index contributed by atoms with van der Waals surface area (Å²) < 4.78 is 5.26. The molecule has 0 aliphatic carbocycles. The van der Waals surface area contributed by atoms with Crippen LogP contribution in [0.5, 0.6) is 0 Å². The Balaban J connectivity index is 2.87. The van der Waals surface area contributed by atoms with Gasteiger partial charge in [0.1, 0.15) is 17.7 Å². The number of carbonyl (C=O) groups is 3. The number of benzene rings is 1.